The van der Waals surface area contributed by atoms with Crippen molar-refractivity contribution in [1.29, 1.82) is 0 Å². The normalized spacial score (nSPS) is 28.6. The van der Waals surface area contributed by atoms with E-state index in [1.54, 1.807) is 0 Å². The van der Waals surface area contributed by atoms with Gasteiger partial charge >= 0.3 is 0 Å². The van der Waals surface area contributed by atoms with Gasteiger partial charge in [0.25, 0.3) is 0 Å². The molecule has 2 aliphatic rings. The Morgan fingerprint density at radius 3 is 1.03 bits per heavy atom. The van der Waals surface area contributed by atoms with E-state index in [4.69, 9.17) is 0 Å². The first kappa shape index (κ1) is 32.1. The minimum absolute atomic E-state index is 0.179. The van der Waals surface area contributed by atoms with Gasteiger partial charge in [-0.05, 0) is 50.4 Å². The Kier molecular flexibility index (Phi) is 18.0. The second kappa shape index (κ2) is 19.1. The Hall–Kier alpha value is 1.92. The monoisotopic (exact) mass is 730 g/mol. The van der Waals surface area contributed by atoms with Crippen LogP contribution in [0.4, 0.5) is 0 Å². The first-order valence-electron chi connectivity index (χ1n) is 15.2. The Bertz CT molecular complexity index is 446. The Morgan fingerprint density at radius 1 is 0.382 bits per heavy atom. The molecule has 0 N–H and O–H groups in total. The lowest BCUT2D eigenvalue weighted by Crippen LogP contribution is -2.25. The second-order valence-electron chi connectivity index (χ2n) is 11.6. The van der Waals surface area contributed by atoms with Crippen LogP contribution in [0.3, 0.4) is 0 Å². The van der Waals surface area contributed by atoms with Crippen LogP contribution in [0.5, 0.6) is 0 Å². The minimum atomic E-state index is 0.179. The van der Waals surface area contributed by atoms with Gasteiger partial charge < -0.3 is 0 Å². The summed E-state index contributed by atoms with van der Waals surface area (Å²) < 4.78 is 0.358. The standard InChI is InChI=1S/C30H54Br4/c31-29(32)25-19-13-7-3-1-5-9-15-21-27(29)23-17-11-12-18-24-28-22-16-10-6-2-4-8-14-20-26-30(28,33)34/h27-28H,1-26H2. The first-order valence-corrected chi connectivity index (χ1v) is 18.3. The zero-order valence-corrected chi connectivity index (χ0v) is 28.4. The van der Waals surface area contributed by atoms with E-state index in [9.17, 15) is 0 Å². The van der Waals surface area contributed by atoms with Crippen LogP contribution < -0.4 is 0 Å². The van der Waals surface area contributed by atoms with Gasteiger partial charge in [-0.2, -0.15) is 0 Å². The zero-order valence-electron chi connectivity index (χ0n) is 22.1. The van der Waals surface area contributed by atoms with E-state index in [1.165, 1.54) is 167 Å². The van der Waals surface area contributed by atoms with E-state index < -0.39 is 0 Å². The molecular weight excluding hydrogens is 680 g/mol. The van der Waals surface area contributed by atoms with E-state index in [-0.39, 0.29) is 6.47 Å². The molecule has 4 heteroatoms. The van der Waals surface area contributed by atoms with Gasteiger partial charge in [0.05, 0.1) is 6.47 Å². The van der Waals surface area contributed by atoms with Crippen molar-refractivity contribution in [3.05, 3.63) is 0 Å². The van der Waals surface area contributed by atoms with Crippen molar-refractivity contribution < 1.29 is 0 Å². The van der Waals surface area contributed by atoms with Crippen LogP contribution in [0.1, 0.15) is 167 Å². The molecular formula is C30H54Br4. The van der Waals surface area contributed by atoms with Crippen LogP contribution in [0.25, 0.3) is 0 Å². The van der Waals surface area contributed by atoms with Gasteiger partial charge in [0.15, 0.2) is 0 Å². The summed E-state index contributed by atoms with van der Waals surface area (Å²) >= 11 is 16.6. The molecule has 0 bridgehead atoms. The van der Waals surface area contributed by atoms with Crippen molar-refractivity contribution in [2.24, 2.45) is 11.8 Å². The van der Waals surface area contributed by atoms with Crippen LogP contribution in [0.15, 0.2) is 0 Å². The number of hydrogen-bond acceptors (Lipinski definition) is 0. The van der Waals surface area contributed by atoms with Gasteiger partial charge in [0, 0.05) is 0 Å². The maximum Gasteiger partial charge on any atom is 0.0833 e. The van der Waals surface area contributed by atoms with Crippen molar-refractivity contribution >= 4 is 63.7 Å². The molecule has 202 valence electrons. The van der Waals surface area contributed by atoms with Crippen LogP contribution in [0.2, 0.25) is 0 Å². The van der Waals surface area contributed by atoms with Crippen molar-refractivity contribution in [2.45, 2.75) is 173 Å². The summed E-state index contributed by atoms with van der Waals surface area (Å²) in [4.78, 5) is 0. The first-order chi connectivity index (χ1) is 16.4. The molecule has 2 unspecified atom stereocenters. The maximum atomic E-state index is 4.14. The molecule has 34 heavy (non-hydrogen) atoms. The quantitative estimate of drug-likeness (QED) is 0.181. The predicted octanol–water partition coefficient (Wildman–Crippen LogP) is 13.4. The molecule has 0 nitrogen and oxygen atoms in total. The highest BCUT2D eigenvalue weighted by Gasteiger charge is 2.33. The van der Waals surface area contributed by atoms with E-state index >= 15 is 0 Å². The molecule has 0 saturated heterocycles. The molecule has 0 radical (unpaired) electrons. The van der Waals surface area contributed by atoms with E-state index in [2.05, 4.69) is 63.7 Å². The van der Waals surface area contributed by atoms with E-state index in [0.29, 0.717) is 0 Å². The summed E-state index contributed by atoms with van der Waals surface area (Å²) in [5.41, 5.74) is 0. The Balaban J connectivity index is 1.72. The number of alkyl halides is 4. The summed E-state index contributed by atoms with van der Waals surface area (Å²) in [6.45, 7) is 0. The van der Waals surface area contributed by atoms with Gasteiger partial charge in [-0.1, -0.05) is 192 Å². The number of hydrogen-bond donors (Lipinski definition) is 0. The van der Waals surface area contributed by atoms with Crippen molar-refractivity contribution in [1.82, 2.24) is 0 Å². The van der Waals surface area contributed by atoms with Crippen molar-refractivity contribution in [2.75, 3.05) is 0 Å². The fourth-order valence-corrected chi connectivity index (χ4v) is 9.25. The highest BCUT2D eigenvalue weighted by Crippen LogP contribution is 2.46. The number of unbranched alkanes of at least 4 members (excludes halogenated alkanes) is 3. The number of halogens is 4. The lowest BCUT2D eigenvalue weighted by molar-refractivity contribution is 0.347. The molecule has 0 amide bonds. The highest BCUT2D eigenvalue weighted by atomic mass is 79.9. The SMILES string of the molecule is BrC1(Br)CCCCCCCCCCC1CCCCCCC1CCCCCCCCCCC1(Br)Br. The molecule has 0 spiro atoms. The predicted molar refractivity (Wildman–Crippen MR) is 168 cm³/mol. The highest BCUT2D eigenvalue weighted by molar-refractivity contribution is 9.25. The summed E-state index contributed by atoms with van der Waals surface area (Å²) in [6, 6.07) is 0. The molecule has 2 saturated carbocycles. The summed E-state index contributed by atoms with van der Waals surface area (Å²) in [5.74, 6) is 1.58. The molecule has 0 aromatic rings. The zero-order chi connectivity index (χ0) is 24.5. The van der Waals surface area contributed by atoms with Gasteiger partial charge in [-0.15, -0.1) is 0 Å². The molecule has 2 rings (SSSR count). The van der Waals surface area contributed by atoms with Crippen LogP contribution >= 0.6 is 63.7 Å². The second-order valence-corrected chi connectivity index (χ2v) is 19.4. The number of rotatable bonds is 7. The summed E-state index contributed by atoms with van der Waals surface area (Å²) in [7, 11) is 0. The third-order valence-electron chi connectivity index (χ3n) is 8.68. The fraction of sp³-hybridized carbons (Fsp3) is 1.00. The average molecular weight is 734 g/mol. The Labute approximate surface area is 247 Å². The lowest BCUT2D eigenvalue weighted by Gasteiger charge is -2.32. The smallest absolute Gasteiger partial charge is 0.0724 e. The van der Waals surface area contributed by atoms with E-state index in [0.717, 1.165) is 11.8 Å². The summed E-state index contributed by atoms with van der Waals surface area (Å²) in [6.07, 6.45) is 36.7. The molecule has 0 heterocycles. The van der Waals surface area contributed by atoms with Crippen molar-refractivity contribution in [3.8, 4) is 0 Å². The maximum absolute atomic E-state index is 4.14. The van der Waals surface area contributed by atoms with Gasteiger partial charge in [0.1, 0.15) is 0 Å². The topological polar surface area (TPSA) is 0 Å². The Morgan fingerprint density at radius 2 is 0.676 bits per heavy atom. The van der Waals surface area contributed by atoms with Gasteiger partial charge in [0.2, 0.25) is 0 Å². The van der Waals surface area contributed by atoms with Crippen molar-refractivity contribution in [3.63, 3.8) is 0 Å². The average Bonchev–Trinajstić information content (AvgIpc) is 2.78. The van der Waals surface area contributed by atoms with E-state index in [1.807, 2.05) is 0 Å². The summed E-state index contributed by atoms with van der Waals surface area (Å²) in [5, 5.41) is 0. The molecule has 0 aromatic carbocycles. The molecule has 2 atom stereocenters. The van der Waals surface area contributed by atoms with Gasteiger partial charge in [-0.25, -0.2) is 0 Å². The molecule has 0 aliphatic heterocycles. The molecule has 2 aliphatic carbocycles. The van der Waals surface area contributed by atoms with Crippen LogP contribution in [-0.2, 0) is 0 Å². The molecule has 0 aromatic heterocycles. The van der Waals surface area contributed by atoms with Crippen LogP contribution in [-0.4, -0.2) is 6.47 Å². The lowest BCUT2D eigenvalue weighted by atomic mass is 9.87. The third-order valence-corrected chi connectivity index (χ3v) is 12.9. The van der Waals surface area contributed by atoms with Gasteiger partial charge in [-0.3, -0.25) is 0 Å². The third kappa shape index (κ3) is 14.2. The fourth-order valence-electron chi connectivity index (χ4n) is 6.30. The minimum Gasteiger partial charge on any atom is -0.0724 e. The largest absolute Gasteiger partial charge is 0.0833 e. The molecule has 2 fully saturated rings. The van der Waals surface area contributed by atoms with Crippen LogP contribution in [0, 0.1) is 11.8 Å².